The normalized spacial score (nSPS) is 10.0. The van der Waals surface area contributed by atoms with Crippen molar-refractivity contribution in [2.75, 3.05) is 18.0 Å². The Balaban J connectivity index is 1.86. The van der Waals surface area contributed by atoms with Gasteiger partial charge in [-0.2, -0.15) is 5.26 Å². The highest BCUT2D eigenvalue weighted by molar-refractivity contribution is 5.93. The van der Waals surface area contributed by atoms with E-state index in [1.807, 2.05) is 0 Å². The lowest BCUT2D eigenvalue weighted by Crippen LogP contribution is -2.34. The minimum atomic E-state index is -0.292. The van der Waals surface area contributed by atoms with Crippen LogP contribution in [0.25, 0.3) is 0 Å². The maximum absolute atomic E-state index is 12.9. The van der Waals surface area contributed by atoms with Gasteiger partial charge in [-0.05, 0) is 36.2 Å². The van der Waals surface area contributed by atoms with Crippen molar-refractivity contribution in [1.82, 2.24) is 5.32 Å². The molecule has 26 heavy (non-hydrogen) atoms. The summed E-state index contributed by atoms with van der Waals surface area (Å²) in [6, 6.07) is 15.0. The van der Waals surface area contributed by atoms with Crippen molar-refractivity contribution >= 4 is 17.5 Å². The van der Waals surface area contributed by atoms with Crippen LogP contribution in [-0.4, -0.2) is 24.9 Å². The van der Waals surface area contributed by atoms with E-state index in [2.05, 4.69) is 11.4 Å². The molecule has 0 fully saturated rings. The Hall–Kier alpha value is -3.20. The van der Waals surface area contributed by atoms with Gasteiger partial charge < -0.3 is 10.2 Å². The van der Waals surface area contributed by atoms with Crippen LogP contribution in [0.15, 0.2) is 48.5 Å². The van der Waals surface area contributed by atoms with Crippen LogP contribution in [0.5, 0.6) is 0 Å². The standard InChI is InChI=1S/C20H20FN3O2/c1-15(25)24(19-5-3-2-4-17(19)14-22)13-11-20(26)23-12-10-16-6-8-18(21)9-7-16/h2-9H,10-13H2,1H3,(H,23,26). The van der Waals surface area contributed by atoms with Gasteiger partial charge in [-0.1, -0.05) is 24.3 Å². The quantitative estimate of drug-likeness (QED) is 0.832. The van der Waals surface area contributed by atoms with Gasteiger partial charge in [0.25, 0.3) is 0 Å². The number of amides is 2. The molecule has 0 spiro atoms. The number of para-hydroxylation sites is 1. The van der Waals surface area contributed by atoms with Crippen molar-refractivity contribution in [2.45, 2.75) is 19.8 Å². The summed E-state index contributed by atoms with van der Waals surface area (Å²) in [4.78, 5) is 25.4. The number of carbonyl (C=O) groups excluding carboxylic acids is 2. The number of nitrogens with one attached hydrogen (secondary N) is 1. The first kappa shape index (κ1) is 19.1. The largest absolute Gasteiger partial charge is 0.356 e. The van der Waals surface area contributed by atoms with Crippen molar-refractivity contribution in [3.05, 3.63) is 65.5 Å². The zero-order valence-corrected chi connectivity index (χ0v) is 14.5. The van der Waals surface area contributed by atoms with Crippen LogP contribution in [0.3, 0.4) is 0 Å². The van der Waals surface area contributed by atoms with Gasteiger partial charge in [-0.3, -0.25) is 9.59 Å². The summed E-state index contributed by atoms with van der Waals surface area (Å²) in [6.07, 6.45) is 0.725. The third kappa shape index (κ3) is 5.42. The maximum Gasteiger partial charge on any atom is 0.223 e. The molecule has 2 rings (SSSR count). The average molecular weight is 353 g/mol. The number of halogens is 1. The molecule has 2 aromatic rings. The number of nitriles is 1. The predicted molar refractivity (Wildman–Crippen MR) is 96.9 cm³/mol. The van der Waals surface area contributed by atoms with Crippen molar-refractivity contribution in [3.8, 4) is 6.07 Å². The van der Waals surface area contributed by atoms with Gasteiger partial charge in [0.1, 0.15) is 11.9 Å². The van der Waals surface area contributed by atoms with Gasteiger partial charge in [0.05, 0.1) is 11.3 Å². The second kappa shape index (κ2) is 9.33. The maximum atomic E-state index is 12.9. The molecule has 0 aliphatic rings. The fourth-order valence-electron chi connectivity index (χ4n) is 2.55. The van der Waals surface area contributed by atoms with E-state index in [1.165, 1.54) is 24.0 Å². The smallest absolute Gasteiger partial charge is 0.223 e. The molecule has 0 aliphatic carbocycles. The van der Waals surface area contributed by atoms with Crippen LogP contribution >= 0.6 is 0 Å². The number of nitrogens with zero attached hydrogens (tertiary/aromatic N) is 2. The van der Waals surface area contributed by atoms with E-state index in [0.717, 1.165) is 5.56 Å². The van der Waals surface area contributed by atoms with Gasteiger partial charge >= 0.3 is 0 Å². The van der Waals surface area contributed by atoms with Gasteiger partial charge in [-0.15, -0.1) is 0 Å². The Bertz CT molecular complexity index is 813. The monoisotopic (exact) mass is 353 g/mol. The van der Waals surface area contributed by atoms with Gasteiger partial charge in [0.2, 0.25) is 11.8 Å². The fraction of sp³-hybridized carbons (Fsp3) is 0.250. The van der Waals surface area contributed by atoms with Crippen LogP contribution in [-0.2, 0) is 16.0 Å². The van der Waals surface area contributed by atoms with Crippen molar-refractivity contribution < 1.29 is 14.0 Å². The number of rotatable bonds is 7. The van der Waals surface area contributed by atoms with E-state index in [4.69, 9.17) is 0 Å². The average Bonchev–Trinajstić information content (AvgIpc) is 2.63. The zero-order chi connectivity index (χ0) is 18.9. The summed E-state index contributed by atoms with van der Waals surface area (Å²) in [5.41, 5.74) is 1.82. The summed E-state index contributed by atoms with van der Waals surface area (Å²) in [5.74, 6) is -0.709. The number of benzene rings is 2. The Morgan fingerprint density at radius 2 is 1.85 bits per heavy atom. The molecule has 0 atom stereocenters. The molecule has 0 saturated carbocycles. The summed E-state index contributed by atoms with van der Waals surface area (Å²) < 4.78 is 12.9. The Morgan fingerprint density at radius 1 is 1.15 bits per heavy atom. The molecule has 0 aromatic heterocycles. The summed E-state index contributed by atoms with van der Waals surface area (Å²) in [7, 11) is 0. The topological polar surface area (TPSA) is 73.2 Å². The lowest BCUT2D eigenvalue weighted by atomic mass is 10.1. The summed E-state index contributed by atoms with van der Waals surface area (Å²) in [6.45, 7) is 2.02. The molecule has 2 amide bonds. The Kier molecular flexibility index (Phi) is 6.86. The lowest BCUT2D eigenvalue weighted by Gasteiger charge is -2.22. The molecule has 2 aromatic carbocycles. The number of hydrogen-bond acceptors (Lipinski definition) is 3. The minimum absolute atomic E-state index is 0.128. The third-order valence-electron chi connectivity index (χ3n) is 3.91. The van der Waals surface area contributed by atoms with Gasteiger partial charge in [0.15, 0.2) is 0 Å². The number of hydrogen-bond donors (Lipinski definition) is 1. The highest BCUT2D eigenvalue weighted by Gasteiger charge is 2.16. The molecule has 0 bridgehead atoms. The number of anilines is 1. The molecule has 5 nitrogen and oxygen atoms in total. The fourth-order valence-corrected chi connectivity index (χ4v) is 2.55. The predicted octanol–water partition coefficient (Wildman–Crippen LogP) is 2.80. The van der Waals surface area contributed by atoms with Crippen LogP contribution in [0.2, 0.25) is 0 Å². The molecule has 134 valence electrons. The van der Waals surface area contributed by atoms with Crippen LogP contribution in [0.4, 0.5) is 10.1 Å². The van der Waals surface area contributed by atoms with Crippen molar-refractivity contribution in [1.29, 1.82) is 5.26 Å². The minimum Gasteiger partial charge on any atom is -0.356 e. The Labute approximate surface area is 152 Å². The second-order valence-corrected chi connectivity index (χ2v) is 5.78. The molecule has 0 heterocycles. The SMILES string of the molecule is CC(=O)N(CCC(=O)NCCc1ccc(F)cc1)c1ccccc1C#N. The van der Waals surface area contributed by atoms with E-state index in [0.29, 0.717) is 24.2 Å². The third-order valence-corrected chi connectivity index (χ3v) is 3.91. The van der Waals surface area contributed by atoms with Crippen LogP contribution in [0, 0.1) is 17.1 Å². The second-order valence-electron chi connectivity index (χ2n) is 5.78. The first-order chi connectivity index (χ1) is 12.5. The van der Waals surface area contributed by atoms with Crippen molar-refractivity contribution in [2.24, 2.45) is 0 Å². The molecule has 0 saturated heterocycles. The Morgan fingerprint density at radius 3 is 2.50 bits per heavy atom. The summed E-state index contributed by atoms with van der Waals surface area (Å²) >= 11 is 0. The number of carbonyl (C=O) groups is 2. The molecule has 0 aliphatic heterocycles. The zero-order valence-electron chi connectivity index (χ0n) is 14.5. The van der Waals surface area contributed by atoms with E-state index in [9.17, 15) is 19.2 Å². The first-order valence-corrected chi connectivity index (χ1v) is 8.29. The molecule has 0 radical (unpaired) electrons. The molecule has 6 heteroatoms. The molecule has 1 N–H and O–H groups in total. The van der Waals surface area contributed by atoms with E-state index in [-0.39, 0.29) is 30.6 Å². The van der Waals surface area contributed by atoms with Gasteiger partial charge in [0, 0.05) is 26.4 Å². The first-order valence-electron chi connectivity index (χ1n) is 8.29. The van der Waals surface area contributed by atoms with Gasteiger partial charge in [-0.25, -0.2) is 4.39 Å². The highest BCUT2D eigenvalue weighted by atomic mass is 19.1. The van der Waals surface area contributed by atoms with E-state index < -0.39 is 0 Å². The highest BCUT2D eigenvalue weighted by Crippen LogP contribution is 2.20. The van der Waals surface area contributed by atoms with Crippen LogP contribution < -0.4 is 10.2 Å². The van der Waals surface area contributed by atoms with Crippen molar-refractivity contribution in [3.63, 3.8) is 0 Å². The summed E-state index contributed by atoms with van der Waals surface area (Å²) in [5, 5.41) is 12.0. The lowest BCUT2D eigenvalue weighted by molar-refractivity contribution is -0.121. The van der Waals surface area contributed by atoms with E-state index in [1.54, 1.807) is 36.4 Å². The van der Waals surface area contributed by atoms with E-state index >= 15 is 0 Å². The molecular formula is C20H20FN3O2. The van der Waals surface area contributed by atoms with Crippen LogP contribution in [0.1, 0.15) is 24.5 Å². The molecular weight excluding hydrogens is 333 g/mol. The molecule has 0 unspecified atom stereocenters.